The van der Waals surface area contributed by atoms with Gasteiger partial charge in [0.05, 0.1) is 0 Å². The zero-order valence-electron chi connectivity index (χ0n) is 10.7. The number of hydrogen-bond acceptors (Lipinski definition) is 1. The van der Waals surface area contributed by atoms with Gasteiger partial charge >= 0.3 is 0 Å². The molecule has 0 saturated heterocycles. The van der Waals surface area contributed by atoms with Crippen molar-refractivity contribution >= 4 is 28.4 Å². The average molecular weight is 265 g/mol. The van der Waals surface area contributed by atoms with E-state index in [0.29, 0.717) is 18.8 Å². The first-order valence-corrected chi connectivity index (χ1v) is 6.53. The molecule has 1 aromatic carbocycles. The van der Waals surface area contributed by atoms with Crippen LogP contribution in [0, 0.1) is 6.92 Å². The standard InChI is InChI=1S/C14H17ClN2O/c1-10-12(9-17(2)14(18)7-8-15)11-5-3-4-6-13(11)16-10/h3-6,16H,7-9H2,1-2H3. The highest BCUT2D eigenvalue weighted by molar-refractivity contribution is 6.18. The summed E-state index contributed by atoms with van der Waals surface area (Å²) in [4.78, 5) is 16.8. The summed E-state index contributed by atoms with van der Waals surface area (Å²) in [5.74, 6) is 0.449. The van der Waals surface area contributed by atoms with Crippen LogP contribution in [0.3, 0.4) is 0 Å². The van der Waals surface area contributed by atoms with Gasteiger partial charge in [0.2, 0.25) is 5.91 Å². The molecule has 1 aromatic heterocycles. The molecule has 0 saturated carbocycles. The molecule has 0 aliphatic carbocycles. The molecule has 1 heterocycles. The summed E-state index contributed by atoms with van der Waals surface area (Å²) in [6, 6.07) is 8.14. The van der Waals surface area contributed by atoms with E-state index in [0.717, 1.165) is 11.2 Å². The molecular formula is C14H17ClN2O. The summed E-state index contributed by atoms with van der Waals surface area (Å²) in [6.45, 7) is 2.65. The Hall–Kier alpha value is -1.48. The van der Waals surface area contributed by atoms with Gasteiger partial charge in [0.1, 0.15) is 0 Å². The molecule has 4 heteroatoms. The van der Waals surface area contributed by atoms with Gasteiger partial charge in [0, 0.05) is 42.5 Å². The lowest BCUT2D eigenvalue weighted by Crippen LogP contribution is -2.26. The zero-order chi connectivity index (χ0) is 13.1. The van der Waals surface area contributed by atoms with Crippen molar-refractivity contribution in [3.05, 3.63) is 35.5 Å². The normalized spacial score (nSPS) is 10.8. The zero-order valence-corrected chi connectivity index (χ0v) is 11.4. The molecule has 0 aliphatic heterocycles. The van der Waals surface area contributed by atoms with Crippen molar-refractivity contribution in [2.45, 2.75) is 19.9 Å². The van der Waals surface area contributed by atoms with Gasteiger partial charge in [0.25, 0.3) is 0 Å². The maximum Gasteiger partial charge on any atom is 0.223 e. The van der Waals surface area contributed by atoms with Gasteiger partial charge in [-0.15, -0.1) is 11.6 Å². The highest BCUT2D eigenvalue weighted by atomic mass is 35.5. The average Bonchev–Trinajstić information content (AvgIpc) is 2.66. The number of rotatable bonds is 4. The number of benzene rings is 1. The van der Waals surface area contributed by atoms with Crippen molar-refractivity contribution in [1.29, 1.82) is 0 Å². The topological polar surface area (TPSA) is 36.1 Å². The number of alkyl halides is 1. The molecule has 0 atom stereocenters. The van der Waals surface area contributed by atoms with Crippen LogP contribution in [0.25, 0.3) is 10.9 Å². The lowest BCUT2D eigenvalue weighted by atomic mass is 10.1. The van der Waals surface area contributed by atoms with E-state index in [1.807, 2.05) is 32.2 Å². The second-order valence-electron chi connectivity index (χ2n) is 4.46. The Kier molecular flexibility index (Phi) is 3.92. The van der Waals surface area contributed by atoms with Crippen LogP contribution < -0.4 is 0 Å². The van der Waals surface area contributed by atoms with E-state index in [1.54, 1.807) is 4.90 Å². The predicted octanol–water partition coefficient (Wildman–Crippen LogP) is 3.06. The summed E-state index contributed by atoms with van der Waals surface area (Å²) in [5.41, 5.74) is 3.40. The molecule has 0 aliphatic rings. The number of aromatic amines is 1. The lowest BCUT2D eigenvalue weighted by molar-refractivity contribution is -0.129. The van der Waals surface area contributed by atoms with Crippen LogP contribution >= 0.6 is 11.6 Å². The van der Waals surface area contributed by atoms with Crippen molar-refractivity contribution in [3.8, 4) is 0 Å². The number of para-hydroxylation sites is 1. The number of nitrogens with one attached hydrogen (secondary N) is 1. The van der Waals surface area contributed by atoms with Crippen LogP contribution in [-0.4, -0.2) is 28.7 Å². The summed E-state index contributed by atoms with van der Waals surface area (Å²) < 4.78 is 0. The molecular weight excluding hydrogens is 248 g/mol. The Morgan fingerprint density at radius 3 is 2.83 bits per heavy atom. The van der Waals surface area contributed by atoms with E-state index >= 15 is 0 Å². The van der Waals surface area contributed by atoms with Gasteiger partial charge in [-0.2, -0.15) is 0 Å². The molecule has 2 aromatic rings. The van der Waals surface area contributed by atoms with Gasteiger partial charge in [-0.05, 0) is 18.6 Å². The summed E-state index contributed by atoms with van der Waals surface area (Å²) in [5, 5.41) is 1.18. The Balaban J connectivity index is 2.26. The third kappa shape index (κ3) is 2.51. The Morgan fingerprint density at radius 1 is 1.39 bits per heavy atom. The SMILES string of the molecule is Cc1[nH]c2ccccc2c1CN(C)C(=O)CCCl. The molecule has 0 radical (unpaired) electrons. The number of nitrogens with zero attached hydrogens (tertiary/aromatic N) is 1. The van der Waals surface area contributed by atoms with Crippen molar-refractivity contribution in [2.24, 2.45) is 0 Å². The van der Waals surface area contributed by atoms with Crippen LogP contribution in [0.15, 0.2) is 24.3 Å². The highest BCUT2D eigenvalue weighted by Gasteiger charge is 2.13. The minimum Gasteiger partial charge on any atom is -0.358 e. The number of hydrogen-bond donors (Lipinski definition) is 1. The Morgan fingerprint density at radius 2 is 2.11 bits per heavy atom. The second-order valence-corrected chi connectivity index (χ2v) is 4.84. The van der Waals surface area contributed by atoms with Crippen molar-refractivity contribution < 1.29 is 4.79 Å². The van der Waals surface area contributed by atoms with Crippen LogP contribution in [0.1, 0.15) is 17.7 Å². The summed E-state index contributed by atoms with van der Waals surface area (Å²) in [6.07, 6.45) is 0.388. The Labute approximate surface area is 112 Å². The molecule has 96 valence electrons. The minimum absolute atomic E-state index is 0.0784. The quantitative estimate of drug-likeness (QED) is 0.847. The first kappa shape index (κ1) is 13.0. The van der Waals surface area contributed by atoms with Gasteiger partial charge in [-0.1, -0.05) is 18.2 Å². The van der Waals surface area contributed by atoms with E-state index in [9.17, 15) is 4.79 Å². The number of H-pyrrole nitrogens is 1. The summed E-state index contributed by atoms with van der Waals surface area (Å²) in [7, 11) is 1.82. The molecule has 0 unspecified atom stereocenters. The maximum absolute atomic E-state index is 11.7. The van der Waals surface area contributed by atoms with Crippen LogP contribution in [-0.2, 0) is 11.3 Å². The number of aryl methyl sites for hydroxylation is 1. The van der Waals surface area contributed by atoms with Gasteiger partial charge in [-0.25, -0.2) is 0 Å². The van der Waals surface area contributed by atoms with Gasteiger partial charge in [-0.3, -0.25) is 4.79 Å². The van der Waals surface area contributed by atoms with E-state index in [4.69, 9.17) is 11.6 Å². The van der Waals surface area contributed by atoms with Gasteiger partial charge in [0.15, 0.2) is 0 Å². The van der Waals surface area contributed by atoms with Crippen LogP contribution in [0.4, 0.5) is 0 Å². The molecule has 0 bridgehead atoms. The monoisotopic (exact) mass is 264 g/mol. The fraction of sp³-hybridized carbons (Fsp3) is 0.357. The van der Waals surface area contributed by atoms with Crippen molar-refractivity contribution in [1.82, 2.24) is 9.88 Å². The molecule has 0 fully saturated rings. The van der Waals surface area contributed by atoms with E-state index in [-0.39, 0.29) is 5.91 Å². The number of aromatic nitrogens is 1. The fourth-order valence-electron chi connectivity index (χ4n) is 2.14. The molecule has 3 nitrogen and oxygen atoms in total. The third-order valence-corrected chi connectivity index (χ3v) is 3.35. The molecule has 1 N–H and O–H groups in total. The van der Waals surface area contributed by atoms with E-state index < -0.39 is 0 Å². The first-order valence-electron chi connectivity index (χ1n) is 5.99. The fourth-order valence-corrected chi connectivity index (χ4v) is 2.30. The van der Waals surface area contributed by atoms with Crippen LogP contribution in [0.2, 0.25) is 0 Å². The molecule has 2 rings (SSSR count). The van der Waals surface area contributed by atoms with Crippen LogP contribution in [0.5, 0.6) is 0 Å². The lowest BCUT2D eigenvalue weighted by Gasteiger charge is -2.16. The molecule has 18 heavy (non-hydrogen) atoms. The van der Waals surface area contributed by atoms with Crippen molar-refractivity contribution in [2.75, 3.05) is 12.9 Å². The number of carbonyl (C=O) groups is 1. The number of carbonyl (C=O) groups excluding carboxylic acids is 1. The maximum atomic E-state index is 11.7. The largest absolute Gasteiger partial charge is 0.358 e. The number of fused-ring (bicyclic) bond motifs is 1. The number of halogens is 1. The van der Waals surface area contributed by atoms with Gasteiger partial charge < -0.3 is 9.88 Å². The first-order chi connectivity index (χ1) is 8.63. The molecule has 1 amide bonds. The van der Waals surface area contributed by atoms with E-state index in [1.165, 1.54) is 10.9 Å². The third-order valence-electron chi connectivity index (χ3n) is 3.16. The smallest absolute Gasteiger partial charge is 0.223 e. The predicted molar refractivity (Wildman–Crippen MR) is 74.8 cm³/mol. The molecule has 0 spiro atoms. The summed E-state index contributed by atoms with van der Waals surface area (Å²) >= 11 is 5.59. The number of amides is 1. The highest BCUT2D eigenvalue weighted by Crippen LogP contribution is 2.23. The van der Waals surface area contributed by atoms with E-state index in [2.05, 4.69) is 11.1 Å². The minimum atomic E-state index is 0.0784. The second kappa shape index (κ2) is 5.44. The van der Waals surface area contributed by atoms with Crippen molar-refractivity contribution in [3.63, 3.8) is 0 Å². The Bertz CT molecular complexity index is 562.